The first-order valence-electron chi connectivity index (χ1n) is 10.2. The second-order valence-corrected chi connectivity index (χ2v) is 10.9. The second kappa shape index (κ2) is 7.32. The zero-order chi connectivity index (χ0) is 22.2. The first-order valence-corrected chi connectivity index (χ1v) is 11.8. The van der Waals surface area contributed by atoms with Gasteiger partial charge < -0.3 is 14.4 Å². The molecule has 0 amide bonds. The minimum Gasteiger partial charge on any atom is -0.489 e. The predicted octanol–water partition coefficient (Wildman–Crippen LogP) is 5.40. The average molecular weight is 533 g/mol. The molecule has 6 nitrogen and oxygen atoms in total. The molecule has 2 fully saturated rings. The molecule has 1 aromatic heterocycles. The van der Waals surface area contributed by atoms with Crippen molar-refractivity contribution in [3.8, 4) is 5.75 Å². The van der Waals surface area contributed by atoms with Crippen LogP contribution in [0.4, 0.5) is 10.2 Å². The monoisotopic (exact) mass is 531 g/mol. The molecule has 1 aromatic carbocycles. The van der Waals surface area contributed by atoms with Gasteiger partial charge in [-0.3, -0.25) is 4.79 Å². The Hall–Kier alpha value is -1.38. The number of ether oxygens (including phenoxy) is 2. The summed E-state index contributed by atoms with van der Waals surface area (Å²) in [4.78, 5) is 23.7. The Morgan fingerprint density at radius 2 is 2.03 bits per heavy atom. The minimum absolute atomic E-state index is 0.0266. The first kappa shape index (κ1) is 21.5. The Bertz CT molecular complexity index is 1110. The van der Waals surface area contributed by atoms with E-state index in [1.165, 1.54) is 0 Å². The number of hydrogen-bond acceptors (Lipinski definition) is 6. The van der Waals surface area contributed by atoms with E-state index in [1.54, 1.807) is 0 Å². The number of piperidine rings is 1. The third-order valence-electron chi connectivity index (χ3n) is 6.40. The normalized spacial score (nSPS) is 27.0. The highest BCUT2D eigenvalue weighted by atomic mass is 79.9. The number of carbonyl (C=O) groups excluding carboxylic acids is 1. The molecule has 2 bridgehead atoms. The van der Waals surface area contributed by atoms with Crippen molar-refractivity contribution in [1.82, 2.24) is 9.97 Å². The summed E-state index contributed by atoms with van der Waals surface area (Å²) < 4.78 is 26.9. The fourth-order valence-corrected chi connectivity index (χ4v) is 6.04. The van der Waals surface area contributed by atoms with Gasteiger partial charge in [-0.25, -0.2) is 9.37 Å². The third kappa shape index (κ3) is 3.37. The van der Waals surface area contributed by atoms with Crippen molar-refractivity contribution in [1.29, 1.82) is 0 Å². The van der Waals surface area contributed by atoms with Gasteiger partial charge in [0.25, 0.3) is 0 Å². The van der Waals surface area contributed by atoms with E-state index in [9.17, 15) is 9.18 Å². The summed E-state index contributed by atoms with van der Waals surface area (Å²) in [5, 5.41) is 0.488. The predicted molar refractivity (Wildman–Crippen MR) is 119 cm³/mol. The van der Waals surface area contributed by atoms with Gasteiger partial charge in [0.1, 0.15) is 28.6 Å². The maximum absolute atomic E-state index is 15.0. The SMILES string of the molecule is CC(C)(C)OC(=O)C1[C@@H]2CC[C@H]1[C@H]1COc3c(Cl)c(Br)c(F)c4nc(Cl)nc(c34)N1C2. The Balaban J connectivity index is 1.62. The average Bonchev–Trinajstić information content (AvgIpc) is 2.91. The van der Waals surface area contributed by atoms with Crippen molar-refractivity contribution < 1.29 is 18.7 Å². The Morgan fingerprint density at radius 3 is 2.74 bits per heavy atom. The van der Waals surface area contributed by atoms with E-state index in [0.29, 0.717) is 23.5 Å². The number of anilines is 1. The van der Waals surface area contributed by atoms with Crippen molar-refractivity contribution in [2.45, 2.75) is 45.3 Å². The van der Waals surface area contributed by atoms with Crippen LogP contribution in [-0.2, 0) is 9.53 Å². The molecule has 31 heavy (non-hydrogen) atoms. The molecule has 0 spiro atoms. The maximum Gasteiger partial charge on any atom is 0.310 e. The van der Waals surface area contributed by atoms with Gasteiger partial charge in [-0.15, -0.1) is 0 Å². The fourth-order valence-electron chi connectivity index (χ4n) is 5.28. The molecule has 10 heteroatoms. The number of esters is 1. The zero-order valence-corrected chi connectivity index (χ0v) is 20.3. The lowest BCUT2D eigenvalue weighted by atomic mass is 9.80. The topological polar surface area (TPSA) is 64.5 Å². The van der Waals surface area contributed by atoms with Crippen molar-refractivity contribution in [2.24, 2.45) is 17.8 Å². The van der Waals surface area contributed by atoms with E-state index < -0.39 is 11.4 Å². The highest BCUT2D eigenvalue weighted by Crippen LogP contribution is 2.52. The standard InChI is InChI=1S/C21H21BrCl2FN3O3/c1-21(2,3)31-19(29)11-8-4-5-9(11)10-7-30-17-12-16(15(25)13(22)14(17)23)26-20(24)27-18(12)28(10)6-8/h8-11H,4-7H2,1-3H3/t8-,9+,10-,11?/m1/s1. The summed E-state index contributed by atoms with van der Waals surface area (Å²) in [6.45, 7) is 6.49. The fraction of sp³-hybridized carbons (Fsp3) is 0.571. The summed E-state index contributed by atoms with van der Waals surface area (Å²) in [5.74, 6) is -0.0221. The highest BCUT2D eigenvalue weighted by molar-refractivity contribution is 9.10. The lowest BCUT2D eigenvalue weighted by Crippen LogP contribution is -2.54. The summed E-state index contributed by atoms with van der Waals surface area (Å²) in [5.41, 5.74) is -0.489. The molecule has 1 unspecified atom stereocenters. The molecule has 5 rings (SSSR count). The van der Waals surface area contributed by atoms with Crippen molar-refractivity contribution in [2.75, 3.05) is 18.1 Å². The molecule has 0 N–H and O–H groups in total. The maximum atomic E-state index is 15.0. The molecule has 1 saturated carbocycles. The van der Waals surface area contributed by atoms with Crippen LogP contribution in [0.1, 0.15) is 33.6 Å². The van der Waals surface area contributed by atoms with Crippen LogP contribution < -0.4 is 9.64 Å². The van der Waals surface area contributed by atoms with Gasteiger partial charge in [-0.2, -0.15) is 4.98 Å². The summed E-state index contributed by atoms with van der Waals surface area (Å²) >= 11 is 15.8. The van der Waals surface area contributed by atoms with Crippen LogP contribution in [-0.4, -0.2) is 40.7 Å². The lowest BCUT2D eigenvalue weighted by molar-refractivity contribution is -0.164. The molecule has 3 aliphatic rings. The molecule has 2 aromatic rings. The molecular formula is C21H21BrCl2FN3O3. The van der Waals surface area contributed by atoms with Gasteiger partial charge in [-0.1, -0.05) is 11.6 Å². The van der Waals surface area contributed by atoms with Gasteiger partial charge in [0.05, 0.1) is 21.8 Å². The van der Waals surface area contributed by atoms with Crippen LogP contribution in [0.5, 0.6) is 5.75 Å². The van der Waals surface area contributed by atoms with Crippen molar-refractivity contribution in [3.63, 3.8) is 0 Å². The zero-order valence-electron chi connectivity index (χ0n) is 17.2. The molecule has 166 valence electrons. The highest BCUT2D eigenvalue weighted by Gasteiger charge is 2.53. The van der Waals surface area contributed by atoms with Crippen LogP contribution in [0.2, 0.25) is 10.3 Å². The number of fused-ring (bicyclic) bond motifs is 5. The van der Waals surface area contributed by atoms with E-state index >= 15 is 0 Å². The molecule has 0 radical (unpaired) electrons. The number of aromatic nitrogens is 2. The van der Waals surface area contributed by atoms with Gasteiger partial charge in [0, 0.05) is 6.54 Å². The first-order chi connectivity index (χ1) is 14.6. The third-order valence-corrected chi connectivity index (χ3v) is 7.90. The number of benzene rings is 1. The number of carbonyl (C=O) groups is 1. The number of halogens is 4. The molecule has 2 aliphatic heterocycles. The summed E-state index contributed by atoms with van der Waals surface area (Å²) in [6.07, 6.45) is 1.79. The largest absolute Gasteiger partial charge is 0.489 e. The number of hydrogen-bond donors (Lipinski definition) is 0. The van der Waals surface area contributed by atoms with E-state index in [1.807, 2.05) is 20.8 Å². The Labute approximate surface area is 197 Å². The van der Waals surface area contributed by atoms with Crippen LogP contribution in [0, 0.1) is 23.6 Å². The van der Waals surface area contributed by atoms with E-state index in [-0.39, 0.29) is 56.7 Å². The Kier molecular flexibility index (Phi) is 5.07. The van der Waals surface area contributed by atoms with Gasteiger partial charge in [0.2, 0.25) is 5.28 Å². The van der Waals surface area contributed by atoms with Crippen LogP contribution in [0.3, 0.4) is 0 Å². The molecule has 4 atom stereocenters. The molecular weight excluding hydrogens is 512 g/mol. The smallest absolute Gasteiger partial charge is 0.310 e. The van der Waals surface area contributed by atoms with Crippen LogP contribution in [0.25, 0.3) is 10.9 Å². The number of nitrogens with zero attached hydrogens (tertiary/aromatic N) is 3. The van der Waals surface area contributed by atoms with Gasteiger partial charge in [0.15, 0.2) is 11.6 Å². The van der Waals surface area contributed by atoms with E-state index in [0.717, 1.165) is 12.8 Å². The molecule has 3 heterocycles. The van der Waals surface area contributed by atoms with Gasteiger partial charge in [-0.05, 0) is 73.0 Å². The Morgan fingerprint density at radius 1 is 1.29 bits per heavy atom. The van der Waals surface area contributed by atoms with Crippen LogP contribution >= 0.6 is 39.1 Å². The molecule has 1 saturated heterocycles. The van der Waals surface area contributed by atoms with Crippen molar-refractivity contribution >= 4 is 61.8 Å². The van der Waals surface area contributed by atoms with Gasteiger partial charge >= 0.3 is 5.97 Å². The lowest BCUT2D eigenvalue weighted by Gasteiger charge is -2.43. The summed E-state index contributed by atoms with van der Waals surface area (Å²) in [6, 6.07) is -0.143. The second-order valence-electron chi connectivity index (χ2n) is 9.40. The van der Waals surface area contributed by atoms with E-state index in [2.05, 4.69) is 30.8 Å². The van der Waals surface area contributed by atoms with Crippen molar-refractivity contribution in [3.05, 3.63) is 20.6 Å². The van der Waals surface area contributed by atoms with Crippen LogP contribution in [0.15, 0.2) is 4.47 Å². The van der Waals surface area contributed by atoms with E-state index in [4.69, 9.17) is 32.7 Å². The quantitative estimate of drug-likeness (QED) is 0.278. The summed E-state index contributed by atoms with van der Waals surface area (Å²) in [7, 11) is 0. The minimum atomic E-state index is -0.608. The molecule has 1 aliphatic carbocycles. The number of rotatable bonds is 1.